The molecule has 2 N–H and O–H groups in total. The first-order valence-electron chi connectivity index (χ1n) is 13.4. The van der Waals surface area contributed by atoms with Crippen LogP contribution in [0.4, 0.5) is 0 Å². The molecule has 2 bridgehead atoms. The topological polar surface area (TPSA) is 65.2 Å². The van der Waals surface area contributed by atoms with Crippen LogP contribution >= 0.6 is 0 Å². The molecule has 2 unspecified atom stereocenters. The van der Waals surface area contributed by atoms with Crippen molar-refractivity contribution in [2.24, 2.45) is 27.2 Å². The second kappa shape index (κ2) is 9.04. The van der Waals surface area contributed by atoms with Crippen LogP contribution in [-0.4, -0.2) is 34.7 Å². The van der Waals surface area contributed by atoms with Crippen LogP contribution in [0.3, 0.4) is 0 Å². The molecule has 0 spiro atoms. The Kier molecular flexibility index (Phi) is 6.64. The average Bonchev–Trinajstić information content (AvgIpc) is 2.78. The smallest absolute Gasteiger partial charge is 0.128 e. The fraction of sp³-hybridized carbons (Fsp3) is 0.562. The second-order valence-corrected chi connectivity index (χ2v) is 13.7. The number of para-hydroxylation sites is 2. The molecule has 4 heteroatoms. The van der Waals surface area contributed by atoms with Gasteiger partial charge in [0.1, 0.15) is 11.5 Å². The molecule has 0 heterocycles. The van der Waals surface area contributed by atoms with E-state index in [0.29, 0.717) is 24.0 Å². The highest BCUT2D eigenvalue weighted by molar-refractivity contribution is 5.85. The summed E-state index contributed by atoms with van der Waals surface area (Å²) in [6, 6.07) is 11.8. The minimum absolute atomic E-state index is 0.141. The van der Waals surface area contributed by atoms with Gasteiger partial charge in [0.15, 0.2) is 0 Å². The van der Waals surface area contributed by atoms with E-state index >= 15 is 0 Å². The molecule has 4 nitrogen and oxygen atoms in total. The van der Waals surface area contributed by atoms with Gasteiger partial charge in [0.05, 0.1) is 12.1 Å². The predicted molar refractivity (Wildman–Crippen MR) is 151 cm³/mol. The number of nitrogens with zero attached hydrogens (tertiary/aromatic N) is 2. The first-order chi connectivity index (χ1) is 16.7. The molecule has 2 aromatic carbocycles. The maximum Gasteiger partial charge on any atom is 0.128 e. The number of hydrogen-bond acceptors (Lipinski definition) is 4. The van der Waals surface area contributed by atoms with Crippen molar-refractivity contribution in [2.75, 3.05) is 6.54 Å². The van der Waals surface area contributed by atoms with Crippen LogP contribution < -0.4 is 0 Å². The fourth-order valence-electron chi connectivity index (χ4n) is 6.44. The van der Waals surface area contributed by atoms with E-state index in [1.165, 1.54) is 6.42 Å². The summed E-state index contributed by atoms with van der Waals surface area (Å²) >= 11 is 0. The fourth-order valence-corrected chi connectivity index (χ4v) is 6.44. The van der Waals surface area contributed by atoms with Crippen LogP contribution in [0.2, 0.25) is 0 Å². The summed E-state index contributed by atoms with van der Waals surface area (Å²) in [5, 5.41) is 21.9. The van der Waals surface area contributed by atoms with Gasteiger partial charge in [-0.15, -0.1) is 0 Å². The monoisotopic (exact) mass is 488 g/mol. The Labute approximate surface area is 217 Å². The Morgan fingerprint density at radius 3 is 1.86 bits per heavy atom. The van der Waals surface area contributed by atoms with Gasteiger partial charge in [-0.3, -0.25) is 9.98 Å². The van der Waals surface area contributed by atoms with E-state index in [9.17, 15) is 10.2 Å². The van der Waals surface area contributed by atoms with Gasteiger partial charge >= 0.3 is 0 Å². The summed E-state index contributed by atoms with van der Waals surface area (Å²) in [6.07, 6.45) is 7.02. The zero-order valence-corrected chi connectivity index (χ0v) is 23.4. The Balaban J connectivity index is 1.67. The van der Waals surface area contributed by atoms with Gasteiger partial charge in [0.25, 0.3) is 0 Å². The first kappa shape index (κ1) is 26.4. The molecule has 5 rings (SSSR count). The molecule has 0 amide bonds. The molecule has 0 aliphatic heterocycles. The highest BCUT2D eigenvalue weighted by Crippen LogP contribution is 2.64. The van der Waals surface area contributed by atoms with E-state index in [-0.39, 0.29) is 21.8 Å². The molecule has 194 valence electrons. The summed E-state index contributed by atoms with van der Waals surface area (Å²) < 4.78 is 0. The van der Waals surface area contributed by atoms with E-state index in [2.05, 4.69) is 55.4 Å². The van der Waals surface area contributed by atoms with Crippen molar-refractivity contribution < 1.29 is 10.2 Å². The molecule has 0 aromatic heterocycles. The predicted octanol–water partition coefficient (Wildman–Crippen LogP) is 7.43. The number of aromatic hydroxyl groups is 2. The van der Waals surface area contributed by atoms with E-state index < -0.39 is 0 Å². The van der Waals surface area contributed by atoms with Crippen LogP contribution in [0.15, 0.2) is 46.4 Å². The zero-order valence-electron chi connectivity index (χ0n) is 23.4. The van der Waals surface area contributed by atoms with Crippen molar-refractivity contribution in [1.29, 1.82) is 0 Å². The Hall–Kier alpha value is -2.62. The Morgan fingerprint density at radius 2 is 1.39 bits per heavy atom. The molecule has 3 fully saturated rings. The SMILES string of the molecule is CC(C)(C)c1cccc(C=NCC2(N=Cc3cccc(C(C)(C)C)c3O)CC[C@H]3CC2C3(C)C)c1O. The maximum atomic E-state index is 11.0. The van der Waals surface area contributed by atoms with Crippen LogP contribution in [0.25, 0.3) is 0 Å². The van der Waals surface area contributed by atoms with Crippen molar-refractivity contribution in [2.45, 2.75) is 91.0 Å². The largest absolute Gasteiger partial charge is 0.507 e. The van der Waals surface area contributed by atoms with Gasteiger partial charge in [-0.2, -0.15) is 0 Å². The van der Waals surface area contributed by atoms with E-state index in [1.54, 1.807) is 0 Å². The standard InChI is InChI=1S/C32H44N2O2/c1-29(2,3)24-13-9-11-21(27(24)35)18-33-20-32(16-15-23-17-26(32)31(23,7)8)34-19-22-12-10-14-25(28(22)36)30(4,5)6/h9-14,18-19,23,26,35-36H,15-17,20H2,1-8H3/t23-,26?,32?/m0/s1. The zero-order chi connectivity index (χ0) is 26.5. The second-order valence-electron chi connectivity index (χ2n) is 13.7. The number of fused-ring (bicyclic) bond motifs is 2. The van der Waals surface area contributed by atoms with Gasteiger partial charge in [-0.25, -0.2) is 0 Å². The van der Waals surface area contributed by atoms with Crippen molar-refractivity contribution >= 4 is 12.4 Å². The number of phenolic OH excluding ortho intramolecular Hbond substituents is 2. The summed E-state index contributed by atoms with van der Waals surface area (Å²) in [5.41, 5.74) is 3.00. The molecule has 2 aromatic rings. The lowest BCUT2D eigenvalue weighted by molar-refractivity contribution is -0.112. The van der Waals surface area contributed by atoms with Crippen LogP contribution in [0, 0.1) is 17.3 Å². The van der Waals surface area contributed by atoms with Crippen LogP contribution in [-0.2, 0) is 10.8 Å². The van der Waals surface area contributed by atoms with E-state index in [4.69, 9.17) is 9.98 Å². The summed E-state index contributed by atoms with van der Waals surface area (Å²) in [7, 11) is 0. The highest BCUT2D eigenvalue weighted by atomic mass is 16.3. The number of benzene rings is 2. The summed E-state index contributed by atoms with van der Waals surface area (Å²) in [5.74, 6) is 1.82. The third-order valence-corrected chi connectivity index (χ3v) is 8.85. The molecule has 3 atom stereocenters. The van der Waals surface area contributed by atoms with Crippen LogP contribution in [0.1, 0.15) is 96.9 Å². The van der Waals surface area contributed by atoms with Crippen molar-refractivity contribution in [3.8, 4) is 11.5 Å². The van der Waals surface area contributed by atoms with Crippen molar-refractivity contribution in [1.82, 2.24) is 0 Å². The Morgan fingerprint density at radius 1 is 0.861 bits per heavy atom. The maximum absolute atomic E-state index is 11.0. The van der Waals surface area contributed by atoms with Crippen LogP contribution in [0.5, 0.6) is 11.5 Å². The van der Waals surface area contributed by atoms with E-state index in [0.717, 1.165) is 41.0 Å². The van der Waals surface area contributed by atoms with Crippen molar-refractivity contribution in [3.05, 3.63) is 58.7 Å². The molecule has 0 saturated heterocycles. The number of phenols is 2. The minimum atomic E-state index is -0.309. The molecule has 0 radical (unpaired) electrons. The first-order valence-corrected chi connectivity index (χ1v) is 13.4. The lowest BCUT2D eigenvalue weighted by Gasteiger charge is -2.63. The van der Waals surface area contributed by atoms with Gasteiger partial charge in [0.2, 0.25) is 0 Å². The molecule has 3 aliphatic carbocycles. The molecular formula is C32H44N2O2. The average molecular weight is 489 g/mol. The van der Waals surface area contributed by atoms with Gasteiger partial charge in [-0.05, 0) is 70.6 Å². The normalized spacial score (nSPS) is 25.9. The lowest BCUT2D eigenvalue weighted by Crippen LogP contribution is -2.61. The molecule has 36 heavy (non-hydrogen) atoms. The molecule has 3 aliphatic rings. The number of hydrogen-bond donors (Lipinski definition) is 2. The molecule has 3 saturated carbocycles. The lowest BCUT2D eigenvalue weighted by atomic mass is 9.43. The summed E-state index contributed by atoms with van der Waals surface area (Å²) in [6.45, 7) is 18.0. The van der Waals surface area contributed by atoms with Gasteiger partial charge in [-0.1, -0.05) is 79.7 Å². The highest BCUT2D eigenvalue weighted by Gasteiger charge is 2.61. The number of rotatable bonds is 5. The Bertz CT molecular complexity index is 1180. The minimum Gasteiger partial charge on any atom is -0.507 e. The summed E-state index contributed by atoms with van der Waals surface area (Å²) in [4.78, 5) is 10.1. The third kappa shape index (κ3) is 4.71. The van der Waals surface area contributed by atoms with Gasteiger partial charge in [0, 0.05) is 23.6 Å². The van der Waals surface area contributed by atoms with Gasteiger partial charge < -0.3 is 10.2 Å². The number of aliphatic imine (C=N–C) groups is 2. The molecular weight excluding hydrogens is 444 g/mol. The third-order valence-electron chi connectivity index (χ3n) is 8.85. The van der Waals surface area contributed by atoms with E-state index in [1.807, 2.05) is 48.8 Å². The van der Waals surface area contributed by atoms with Crippen molar-refractivity contribution in [3.63, 3.8) is 0 Å². The quantitative estimate of drug-likeness (QED) is 0.430.